The van der Waals surface area contributed by atoms with Crippen LogP contribution in [0.3, 0.4) is 0 Å². The highest BCUT2D eigenvalue weighted by atomic mass is 16.7. The number of aromatic nitrogens is 1. The molecule has 2 heterocycles. The van der Waals surface area contributed by atoms with E-state index in [4.69, 9.17) is 19.2 Å². The third-order valence-electron chi connectivity index (χ3n) is 6.72. The van der Waals surface area contributed by atoms with Gasteiger partial charge in [-0.25, -0.2) is 4.79 Å². The van der Waals surface area contributed by atoms with Crippen molar-refractivity contribution in [1.82, 2.24) is 4.98 Å². The Balaban J connectivity index is 1.24. The van der Waals surface area contributed by atoms with Crippen molar-refractivity contribution in [1.29, 1.82) is 0 Å². The largest absolute Gasteiger partial charge is 0.454 e. The van der Waals surface area contributed by atoms with Gasteiger partial charge in [0.15, 0.2) is 18.1 Å². The van der Waals surface area contributed by atoms with Crippen molar-refractivity contribution in [2.24, 2.45) is 0 Å². The van der Waals surface area contributed by atoms with Gasteiger partial charge in [0.25, 0.3) is 5.91 Å². The Labute approximate surface area is 208 Å². The summed E-state index contributed by atoms with van der Waals surface area (Å²) in [6.07, 6.45) is 2.45. The molecule has 1 aromatic heterocycles. The quantitative estimate of drug-likeness (QED) is 0.403. The number of rotatable bonds is 5. The van der Waals surface area contributed by atoms with Crippen LogP contribution in [0.1, 0.15) is 39.5 Å². The molecule has 180 valence electrons. The third-order valence-corrected chi connectivity index (χ3v) is 6.72. The van der Waals surface area contributed by atoms with Gasteiger partial charge in [0.2, 0.25) is 6.79 Å². The summed E-state index contributed by atoms with van der Waals surface area (Å²) in [5.74, 6) is 0.536. The van der Waals surface area contributed by atoms with Crippen LogP contribution in [0.5, 0.6) is 11.5 Å². The number of nitrogens with one attached hydrogen (secondary N) is 1. The molecule has 0 bridgehead atoms. The van der Waals surface area contributed by atoms with Crippen molar-refractivity contribution in [3.8, 4) is 11.5 Å². The number of esters is 1. The van der Waals surface area contributed by atoms with E-state index in [0.29, 0.717) is 35.1 Å². The summed E-state index contributed by atoms with van der Waals surface area (Å²) >= 11 is 0. The normalized spacial score (nSPS) is 15.8. The highest BCUT2D eigenvalue weighted by molar-refractivity contribution is 6.06. The SMILES string of the molecule is O=C(COC(=O)c1c2c(nc3ccccc13)CCC(c1ccccc1)C2)Nc1ccc2c(c1)OCO2. The number of nitrogens with zero attached hydrogens (tertiary/aromatic N) is 1. The van der Waals surface area contributed by atoms with Gasteiger partial charge in [0, 0.05) is 22.8 Å². The zero-order valence-corrected chi connectivity index (χ0v) is 19.5. The van der Waals surface area contributed by atoms with Gasteiger partial charge in [-0.05, 0) is 54.5 Å². The molecule has 1 aliphatic carbocycles. The molecule has 1 N–H and O–H groups in total. The van der Waals surface area contributed by atoms with Crippen molar-refractivity contribution < 1.29 is 23.8 Å². The van der Waals surface area contributed by atoms with Crippen LogP contribution in [0, 0.1) is 0 Å². The number of ether oxygens (including phenoxy) is 3. The van der Waals surface area contributed by atoms with Crippen molar-refractivity contribution in [2.45, 2.75) is 25.2 Å². The highest BCUT2D eigenvalue weighted by Gasteiger charge is 2.28. The van der Waals surface area contributed by atoms with Crippen LogP contribution in [-0.4, -0.2) is 30.3 Å². The summed E-state index contributed by atoms with van der Waals surface area (Å²) in [6.45, 7) is -0.250. The molecule has 7 nitrogen and oxygen atoms in total. The second-order valence-electron chi connectivity index (χ2n) is 8.97. The minimum absolute atomic E-state index is 0.152. The molecule has 0 radical (unpaired) electrons. The Kier molecular flexibility index (Phi) is 5.73. The van der Waals surface area contributed by atoms with Gasteiger partial charge in [-0.1, -0.05) is 48.5 Å². The first-order valence-corrected chi connectivity index (χ1v) is 12.0. The molecule has 6 rings (SSSR count). The van der Waals surface area contributed by atoms with Crippen LogP contribution in [0.25, 0.3) is 10.9 Å². The topological polar surface area (TPSA) is 86.8 Å². The predicted octanol–water partition coefficient (Wildman–Crippen LogP) is 5.03. The van der Waals surface area contributed by atoms with Gasteiger partial charge in [0.1, 0.15) is 0 Å². The van der Waals surface area contributed by atoms with E-state index in [-0.39, 0.29) is 6.79 Å². The van der Waals surface area contributed by atoms with Crippen molar-refractivity contribution in [3.63, 3.8) is 0 Å². The standard InChI is InChI=1S/C29H24N2O5/c32-27(30-20-11-13-25-26(15-20)36-17-35-25)16-34-29(33)28-21-8-4-5-9-23(21)31-24-12-10-19(14-22(24)28)18-6-2-1-3-7-18/h1-9,11,13,15,19H,10,12,14,16-17H2,(H,30,32). The van der Waals surface area contributed by atoms with E-state index in [9.17, 15) is 9.59 Å². The lowest BCUT2D eigenvalue weighted by Crippen LogP contribution is -2.23. The molecule has 0 saturated carbocycles. The number of para-hydroxylation sites is 1. The Morgan fingerprint density at radius 2 is 1.78 bits per heavy atom. The van der Waals surface area contributed by atoms with Gasteiger partial charge >= 0.3 is 5.97 Å². The minimum Gasteiger partial charge on any atom is -0.454 e. The molecule has 0 fully saturated rings. The molecule has 1 unspecified atom stereocenters. The average molecular weight is 481 g/mol. The molecular weight excluding hydrogens is 456 g/mol. The fraction of sp³-hybridized carbons (Fsp3) is 0.207. The lowest BCUT2D eigenvalue weighted by atomic mass is 9.80. The molecule has 0 spiro atoms. The van der Waals surface area contributed by atoms with E-state index >= 15 is 0 Å². The van der Waals surface area contributed by atoms with E-state index in [0.717, 1.165) is 35.0 Å². The molecule has 1 aliphatic heterocycles. The number of fused-ring (bicyclic) bond motifs is 3. The summed E-state index contributed by atoms with van der Waals surface area (Å²) in [6, 6.07) is 23.0. The van der Waals surface area contributed by atoms with E-state index < -0.39 is 18.5 Å². The number of pyridine rings is 1. The van der Waals surface area contributed by atoms with E-state index in [1.165, 1.54) is 5.56 Å². The summed E-state index contributed by atoms with van der Waals surface area (Å²) in [5.41, 5.74) is 4.89. The van der Waals surface area contributed by atoms with Gasteiger partial charge in [-0.3, -0.25) is 9.78 Å². The Bertz CT molecular complexity index is 1470. The number of hydrogen-bond acceptors (Lipinski definition) is 6. The lowest BCUT2D eigenvalue weighted by molar-refractivity contribution is -0.119. The maximum Gasteiger partial charge on any atom is 0.339 e. The Morgan fingerprint density at radius 3 is 2.67 bits per heavy atom. The number of anilines is 1. The number of amides is 1. The molecular formula is C29H24N2O5. The zero-order valence-electron chi connectivity index (χ0n) is 19.5. The maximum atomic E-state index is 13.4. The van der Waals surface area contributed by atoms with Crippen LogP contribution in [0.2, 0.25) is 0 Å². The smallest absolute Gasteiger partial charge is 0.339 e. The van der Waals surface area contributed by atoms with Crippen LogP contribution in [0.4, 0.5) is 5.69 Å². The summed E-state index contributed by atoms with van der Waals surface area (Å²) in [5, 5.41) is 3.48. The van der Waals surface area contributed by atoms with Gasteiger partial charge < -0.3 is 19.5 Å². The molecule has 1 amide bonds. The van der Waals surface area contributed by atoms with Crippen molar-refractivity contribution >= 4 is 28.5 Å². The number of hydrogen-bond donors (Lipinski definition) is 1. The monoisotopic (exact) mass is 480 g/mol. The Hall–Kier alpha value is -4.39. The molecule has 4 aromatic rings. The molecule has 36 heavy (non-hydrogen) atoms. The van der Waals surface area contributed by atoms with Gasteiger partial charge in [-0.2, -0.15) is 0 Å². The van der Waals surface area contributed by atoms with Crippen LogP contribution in [-0.2, 0) is 22.4 Å². The van der Waals surface area contributed by atoms with E-state index in [1.807, 2.05) is 42.5 Å². The molecule has 3 aromatic carbocycles. The predicted molar refractivity (Wildman–Crippen MR) is 134 cm³/mol. The lowest BCUT2D eigenvalue weighted by Gasteiger charge is -2.26. The third kappa shape index (κ3) is 4.24. The highest BCUT2D eigenvalue weighted by Crippen LogP contribution is 2.37. The van der Waals surface area contributed by atoms with Crippen molar-refractivity contribution in [3.05, 3.63) is 95.2 Å². The van der Waals surface area contributed by atoms with Crippen LogP contribution >= 0.6 is 0 Å². The van der Waals surface area contributed by atoms with Crippen LogP contribution in [0.15, 0.2) is 72.8 Å². The first-order chi connectivity index (χ1) is 17.7. The maximum absolute atomic E-state index is 13.4. The fourth-order valence-electron chi connectivity index (χ4n) is 5.01. The molecule has 2 aliphatic rings. The second-order valence-corrected chi connectivity index (χ2v) is 8.97. The van der Waals surface area contributed by atoms with Crippen molar-refractivity contribution in [2.75, 3.05) is 18.7 Å². The summed E-state index contributed by atoms with van der Waals surface area (Å²) in [7, 11) is 0. The number of carbonyl (C=O) groups is 2. The number of aryl methyl sites for hydroxylation is 1. The van der Waals surface area contributed by atoms with Crippen LogP contribution < -0.4 is 14.8 Å². The first kappa shape index (κ1) is 22.1. The number of carbonyl (C=O) groups excluding carboxylic acids is 2. The first-order valence-electron chi connectivity index (χ1n) is 12.0. The molecule has 1 atom stereocenters. The Morgan fingerprint density at radius 1 is 0.972 bits per heavy atom. The number of benzene rings is 3. The average Bonchev–Trinajstić information content (AvgIpc) is 3.38. The van der Waals surface area contributed by atoms with E-state index in [1.54, 1.807) is 18.2 Å². The zero-order chi connectivity index (χ0) is 24.5. The van der Waals surface area contributed by atoms with Gasteiger partial charge in [0.05, 0.1) is 11.1 Å². The summed E-state index contributed by atoms with van der Waals surface area (Å²) < 4.78 is 16.2. The fourth-order valence-corrected chi connectivity index (χ4v) is 5.01. The second kappa shape index (κ2) is 9.34. The minimum atomic E-state index is -0.514. The molecule has 7 heteroatoms. The molecule has 0 saturated heterocycles. The summed E-state index contributed by atoms with van der Waals surface area (Å²) in [4.78, 5) is 30.8. The van der Waals surface area contributed by atoms with Gasteiger partial charge in [-0.15, -0.1) is 0 Å². The van der Waals surface area contributed by atoms with E-state index in [2.05, 4.69) is 17.4 Å².